The Balaban J connectivity index is 1.22. The molecule has 3 aromatic carbocycles. The number of unbranched alkanes of at least 4 members (excludes halogenated alkanes) is 3. The predicted octanol–water partition coefficient (Wildman–Crippen LogP) is -1.46. The third kappa shape index (κ3) is 29.9. The lowest BCUT2D eigenvalue weighted by atomic mass is 9.96. The molecule has 42 nitrogen and oxygen atoms in total. The molecule has 43 heteroatoms. The van der Waals surface area contributed by atoms with Crippen LogP contribution in [-0.2, 0) is 112 Å². The molecule has 3 fully saturated rings. The molecule has 1 unspecified atom stereocenters. The number of para-hydroxylation sites is 2. The Morgan fingerprint density at radius 3 is 1.79 bits per heavy atom. The van der Waals surface area contributed by atoms with Crippen molar-refractivity contribution in [1.82, 2.24) is 87.2 Å². The van der Waals surface area contributed by atoms with Crippen molar-refractivity contribution in [3.8, 4) is 5.75 Å². The maximum atomic E-state index is 16.1. The average molecular weight is 1920 g/mol. The summed E-state index contributed by atoms with van der Waals surface area (Å²) in [5, 5.41) is 59.8. The second-order valence-electron chi connectivity index (χ2n) is 35.7. The predicted molar refractivity (Wildman–Crippen MR) is 504 cm³/mol. The van der Waals surface area contributed by atoms with Crippen LogP contribution in [0.15, 0.2) is 85.2 Å². The number of carbonyl (C=O) groups is 18. The third-order valence-corrected chi connectivity index (χ3v) is 26.1. The van der Waals surface area contributed by atoms with E-state index < -0.39 is 247 Å². The number of nitrogens with zero attached hydrogens (tertiary/aromatic N) is 6. The van der Waals surface area contributed by atoms with Crippen LogP contribution in [0.4, 0.5) is 0 Å². The fourth-order valence-electron chi connectivity index (χ4n) is 17.1. The number of aromatic amines is 1. The number of primary amides is 2. The highest BCUT2D eigenvalue weighted by Crippen LogP contribution is 2.29. The van der Waals surface area contributed by atoms with Crippen LogP contribution in [0.2, 0.25) is 0 Å². The highest BCUT2D eigenvalue weighted by molar-refractivity contribution is 8.00. The number of carbonyl (C=O) groups excluding carboxylic acids is 17. The number of aromatic hydroxyl groups is 1. The summed E-state index contributed by atoms with van der Waals surface area (Å²) in [6.45, 7) is 9.57. The summed E-state index contributed by atoms with van der Waals surface area (Å²) in [5.74, 6) is -19.0. The molecule has 17 amide bonds. The Morgan fingerprint density at radius 1 is 0.559 bits per heavy atom. The number of H-pyrrole nitrogens is 1. The van der Waals surface area contributed by atoms with Crippen LogP contribution in [0.5, 0.6) is 5.75 Å². The largest absolute Gasteiger partial charge is 0.508 e. The second kappa shape index (κ2) is 51.8. The molecular formula is C93H135N21O21S. The van der Waals surface area contributed by atoms with Gasteiger partial charge in [0.15, 0.2) is 0 Å². The van der Waals surface area contributed by atoms with Gasteiger partial charge in [0.25, 0.3) is 0 Å². The molecule has 22 N–H and O–H groups in total. The van der Waals surface area contributed by atoms with Gasteiger partial charge in [-0.15, -0.1) is 11.8 Å². The van der Waals surface area contributed by atoms with Crippen LogP contribution in [0, 0.1) is 11.8 Å². The van der Waals surface area contributed by atoms with Crippen molar-refractivity contribution < 1.29 is 102 Å². The number of aliphatic hydroxyl groups is 1. The number of aliphatic carboxylic acids is 1. The minimum Gasteiger partial charge on any atom is -0.508 e. The summed E-state index contributed by atoms with van der Waals surface area (Å²) in [6, 6.07) is -1.95. The van der Waals surface area contributed by atoms with Gasteiger partial charge in [-0.1, -0.05) is 122 Å². The van der Waals surface area contributed by atoms with Crippen molar-refractivity contribution in [2.24, 2.45) is 34.8 Å². The van der Waals surface area contributed by atoms with Gasteiger partial charge in [0.2, 0.25) is 100 Å². The minimum atomic E-state index is -1.77. The Kier molecular flexibility index (Phi) is 41.3. The molecule has 0 spiro atoms. The number of likely N-dealkylation sites (N-methyl/N-ethyl adjacent to an activating group) is 3. The van der Waals surface area contributed by atoms with Crippen LogP contribution in [0.25, 0.3) is 21.8 Å². The van der Waals surface area contributed by atoms with E-state index in [0.29, 0.717) is 70.6 Å². The summed E-state index contributed by atoms with van der Waals surface area (Å²) in [7, 11) is 3.94. The Morgan fingerprint density at radius 2 is 1.14 bits per heavy atom. The fraction of sp³-hybridized carbons (Fsp3) is 0.570. The molecule has 3 aliphatic heterocycles. The van der Waals surface area contributed by atoms with Gasteiger partial charge in [-0.25, -0.2) is 0 Å². The number of phenolic OH excluding ortho intramolecular Hbond substituents is 1. The van der Waals surface area contributed by atoms with Gasteiger partial charge in [0.1, 0.15) is 96.9 Å². The molecule has 16 atom stereocenters. The van der Waals surface area contributed by atoms with E-state index >= 15 is 33.6 Å². The highest BCUT2D eigenvalue weighted by Gasteiger charge is 2.47. The number of phenols is 1. The van der Waals surface area contributed by atoms with E-state index in [0.717, 1.165) is 31.4 Å². The van der Waals surface area contributed by atoms with E-state index in [-0.39, 0.29) is 102 Å². The fourth-order valence-corrected chi connectivity index (χ4v) is 17.9. The number of carboxylic acids is 1. The standard InChI is InChI=1S/C93H135N21O21S/c1-11-14-27-71-86(128)102-63(37-51(4)5)83(125)107-69(81(123)99-45-76(97)118)49-136-50-77(119)100-65(38-54-31-33-57(115)34-32-54)89(131)109(8)53(7)80(122)104-67(42-75(96)117)91(133)113-36-22-30-72(113)87(129)106-68(43-95)85(127)108-79(52(6)13-3)93(135)114-47-58(116)41-74(114)88(130)103-64(39-55-44-98-61-25-18-16-23-59(55)61)84(126)101-62(26-20-21-35-94)82(124)105-66(90(132)111(10)73(28-15-12-2)92(134)110(71)9)40-56-46-112(48-78(120)121)70-29-19-17-24-60(56)70/h16-19,23-25,29,31-34,44,46,51-53,58,62-69,71-74,79,98,115-116H,11-15,20-22,26-28,30,35-43,45,47-50,94-95H2,1-10H3,(H2,96,117)(H2,97,118)(H,99,123)(H,100,119)(H,101,126)(H,102,128)(H,103,130)(H,104,122)(H,105,124)(H,106,129)(H,107,125)(H,108,127)(H,120,121)/t52?,53-,58+,62-,63-,64-,65-,66-,67-,68-,69-,71-,72-,73-,74-,79-/m0/s1. The van der Waals surface area contributed by atoms with E-state index in [2.05, 4.69) is 58.2 Å². The summed E-state index contributed by atoms with van der Waals surface area (Å²) in [5.41, 5.74) is 25.8. The number of benzene rings is 3. The molecule has 8 rings (SSSR count). The molecule has 5 aromatic rings. The van der Waals surface area contributed by atoms with E-state index in [1.54, 1.807) is 82.4 Å². The van der Waals surface area contributed by atoms with Gasteiger partial charge in [-0.2, -0.15) is 0 Å². The van der Waals surface area contributed by atoms with Crippen molar-refractivity contribution in [1.29, 1.82) is 0 Å². The normalized spacial score (nSPS) is 25.0. The zero-order chi connectivity index (χ0) is 100. The first-order chi connectivity index (χ1) is 64.6. The van der Waals surface area contributed by atoms with Crippen LogP contribution >= 0.6 is 11.8 Å². The number of nitrogens with two attached hydrogens (primary N) is 4. The van der Waals surface area contributed by atoms with Crippen LogP contribution < -0.4 is 76.1 Å². The van der Waals surface area contributed by atoms with Crippen molar-refractivity contribution in [3.05, 3.63) is 102 Å². The number of aliphatic hydroxyl groups excluding tert-OH is 1. The van der Waals surface area contributed by atoms with Gasteiger partial charge in [-0.05, 0) is 118 Å². The van der Waals surface area contributed by atoms with E-state index in [1.165, 1.54) is 68.0 Å². The molecule has 5 heterocycles. The summed E-state index contributed by atoms with van der Waals surface area (Å²) >= 11 is 0.787. The van der Waals surface area contributed by atoms with Gasteiger partial charge in [0.05, 0.1) is 24.8 Å². The maximum absolute atomic E-state index is 16.1. The van der Waals surface area contributed by atoms with Gasteiger partial charge >= 0.3 is 5.97 Å². The van der Waals surface area contributed by atoms with Gasteiger partial charge < -0.3 is 125 Å². The van der Waals surface area contributed by atoms with E-state index in [4.69, 9.17) is 22.9 Å². The summed E-state index contributed by atoms with van der Waals surface area (Å²) < 4.78 is 1.45. The summed E-state index contributed by atoms with van der Waals surface area (Å²) in [4.78, 5) is 272. The first kappa shape index (κ1) is 109. The lowest BCUT2D eigenvalue weighted by Gasteiger charge is -2.36. The first-order valence-electron chi connectivity index (χ1n) is 46.4. The number of thioether (sulfide) groups is 1. The molecule has 3 aliphatic rings. The Bertz CT molecular complexity index is 5090. The van der Waals surface area contributed by atoms with Crippen LogP contribution in [0.3, 0.4) is 0 Å². The highest BCUT2D eigenvalue weighted by atomic mass is 32.2. The van der Waals surface area contributed by atoms with Crippen molar-refractivity contribution in [3.63, 3.8) is 0 Å². The molecule has 2 aromatic heterocycles. The lowest BCUT2D eigenvalue weighted by molar-refractivity contribution is -0.149. The number of fused-ring (bicyclic) bond motifs is 4. The second-order valence-corrected chi connectivity index (χ2v) is 36.7. The molecule has 136 heavy (non-hydrogen) atoms. The van der Waals surface area contributed by atoms with E-state index in [1.807, 2.05) is 13.8 Å². The average Bonchev–Trinajstić information content (AvgIpc) is 1.64. The number of nitrogens with one attached hydrogen (secondary N) is 11. The van der Waals surface area contributed by atoms with Crippen LogP contribution in [-0.4, -0.2) is 312 Å². The molecule has 0 bridgehead atoms. The zero-order valence-corrected chi connectivity index (χ0v) is 79.7. The Hall–Kier alpha value is -12.8. The maximum Gasteiger partial charge on any atom is 0.323 e. The first-order valence-corrected chi connectivity index (χ1v) is 47.5. The quantitative estimate of drug-likeness (QED) is 0.0255. The lowest BCUT2D eigenvalue weighted by Crippen LogP contribution is -2.62. The van der Waals surface area contributed by atoms with E-state index in [9.17, 15) is 68.1 Å². The third-order valence-electron chi connectivity index (χ3n) is 25.0. The number of hydrogen-bond acceptors (Lipinski definition) is 23. The molecule has 744 valence electrons. The Labute approximate surface area is 794 Å². The molecule has 3 saturated heterocycles. The van der Waals surface area contributed by atoms with Crippen molar-refractivity contribution >= 4 is 140 Å². The molecular weight excluding hydrogens is 1780 g/mol. The zero-order valence-electron chi connectivity index (χ0n) is 78.9. The number of hydrogen-bond donors (Lipinski definition) is 18. The monoisotopic (exact) mass is 1910 g/mol. The molecule has 0 radical (unpaired) electrons. The topological polar surface area (TPSA) is 629 Å². The van der Waals surface area contributed by atoms with Crippen LogP contribution in [0.1, 0.15) is 161 Å². The van der Waals surface area contributed by atoms with Gasteiger partial charge in [0, 0.05) is 106 Å². The van der Waals surface area contributed by atoms with Crippen molar-refractivity contribution in [2.75, 3.05) is 65.4 Å². The van der Waals surface area contributed by atoms with Crippen molar-refractivity contribution in [2.45, 2.75) is 261 Å². The number of rotatable bonds is 28. The summed E-state index contributed by atoms with van der Waals surface area (Å²) in [6.07, 6.45) is 2.06. The smallest absolute Gasteiger partial charge is 0.323 e. The minimum absolute atomic E-state index is 0.00543. The molecule has 0 aliphatic carbocycles. The number of amides is 17. The molecule has 0 saturated carbocycles. The van der Waals surface area contributed by atoms with Gasteiger partial charge in [-0.3, -0.25) is 86.3 Å². The number of aromatic nitrogens is 2. The number of carboxylic acid groups (broad SMARTS) is 1. The SMILES string of the molecule is CCCC[C@H]1C(=O)N(C)[C@@H](CCCC)C(=O)N[C@@H](CC(C)C)C(=O)N[C@H](C(=O)NCC(N)=O)CSCC(=O)N[C@@H](Cc2ccc(O)cc2)C(=O)N(C)[C@@H](C)C(=O)N[C@@H](CC(N)=O)C(=O)N2CCC[C@H]2C(=O)N[C@@H](CN)C(=O)N[C@@H](C(C)CC)C(=O)N2C[C@H](O)C[C@H]2C(=O)N[C@@H](Cc2c[nH]c3ccccc23)C(=O)N[C@@H](CCCCN)C(=O)N[C@@H](Cc2cn(CC(=O)O)c3ccccc23)C(=O)N1C.